The van der Waals surface area contributed by atoms with Gasteiger partial charge in [-0.15, -0.1) is 0 Å². The van der Waals surface area contributed by atoms with Gasteiger partial charge >= 0.3 is 0 Å². The summed E-state index contributed by atoms with van der Waals surface area (Å²) in [6.07, 6.45) is 2.92. The third-order valence-electron chi connectivity index (χ3n) is 4.16. The van der Waals surface area contributed by atoms with Gasteiger partial charge < -0.3 is 14.8 Å². The SMILES string of the molecule is CCCC(C)(CNCC)CN1CC(OC)C(OC)C1. The Morgan fingerprint density at radius 3 is 2.16 bits per heavy atom. The first kappa shape index (κ1) is 16.9. The zero-order valence-corrected chi connectivity index (χ0v) is 13.4. The van der Waals surface area contributed by atoms with Crippen LogP contribution in [0, 0.1) is 5.41 Å². The lowest BCUT2D eigenvalue weighted by atomic mass is 9.85. The van der Waals surface area contributed by atoms with Gasteiger partial charge in [0.15, 0.2) is 0 Å². The smallest absolute Gasteiger partial charge is 0.0971 e. The van der Waals surface area contributed by atoms with Crippen molar-refractivity contribution in [2.45, 2.75) is 45.8 Å². The van der Waals surface area contributed by atoms with E-state index in [0.717, 1.165) is 32.7 Å². The van der Waals surface area contributed by atoms with Gasteiger partial charge in [-0.3, -0.25) is 4.90 Å². The lowest BCUT2D eigenvalue weighted by Gasteiger charge is -2.34. The van der Waals surface area contributed by atoms with Gasteiger partial charge in [0.25, 0.3) is 0 Å². The van der Waals surface area contributed by atoms with Crippen molar-refractivity contribution in [2.24, 2.45) is 5.41 Å². The molecule has 1 aliphatic rings. The van der Waals surface area contributed by atoms with Crippen LogP contribution in [-0.2, 0) is 9.47 Å². The molecule has 1 saturated heterocycles. The molecule has 4 heteroatoms. The molecule has 0 saturated carbocycles. The van der Waals surface area contributed by atoms with Crippen molar-refractivity contribution in [1.82, 2.24) is 10.2 Å². The van der Waals surface area contributed by atoms with Gasteiger partial charge in [0.2, 0.25) is 0 Å². The number of hydrogen-bond acceptors (Lipinski definition) is 4. The molecule has 0 aromatic carbocycles. The highest BCUT2D eigenvalue weighted by Gasteiger charge is 2.36. The van der Waals surface area contributed by atoms with E-state index in [1.807, 2.05) is 0 Å². The van der Waals surface area contributed by atoms with Gasteiger partial charge in [-0.1, -0.05) is 27.2 Å². The van der Waals surface area contributed by atoms with Gasteiger partial charge in [-0.05, 0) is 18.4 Å². The van der Waals surface area contributed by atoms with Crippen LogP contribution in [0.25, 0.3) is 0 Å². The molecule has 114 valence electrons. The van der Waals surface area contributed by atoms with Crippen LogP contribution in [0.5, 0.6) is 0 Å². The second-order valence-electron chi connectivity index (χ2n) is 6.08. The Labute approximate surface area is 118 Å². The lowest BCUT2D eigenvalue weighted by molar-refractivity contribution is -0.00461. The maximum absolute atomic E-state index is 5.52. The first-order valence-electron chi connectivity index (χ1n) is 7.57. The summed E-state index contributed by atoms with van der Waals surface area (Å²) in [4.78, 5) is 2.50. The minimum Gasteiger partial charge on any atom is -0.377 e. The summed E-state index contributed by atoms with van der Waals surface area (Å²) in [6, 6.07) is 0. The Hall–Kier alpha value is -0.160. The Bertz CT molecular complexity index is 238. The van der Waals surface area contributed by atoms with Crippen molar-refractivity contribution < 1.29 is 9.47 Å². The van der Waals surface area contributed by atoms with Crippen molar-refractivity contribution >= 4 is 0 Å². The van der Waals surface area contributed by atoms with E-state index in [4.69, 9.17) is 9.47 Å². The van der Waals surface area contributed by atoms with Crippen molar-refractivity contribution in [3.05, 3.63) is 0 Å². The van der Waals surface area contributed by atoms with Crippen LogP contribution in [0.3, 0.4) is 0 Å². The Morgan fingerprint density at radius 2 is 1.74 bits per heavy atom. The van der Waals surface area contributed by atoms with E-state index in [0.29, 0.717) is 5.41 Å². The van der Waals surface area contributed by atoms with Crippen LogP contribution in [-0.4, -0.2) is 64.1 Å². The second-order valence-corrected chi connectivity index (χ2v) is 6.08. The molecule has 0 spiro atoms. The summed E-state index contributed by atoms with van der Waals surface area (Å²) in [5.41, 5.74) is 0.339. The first-order chi connectivity index (χ1) is 9.08. The van der Waals surface area contributed by atoms with Gasteiger partial charge in [0.1, 0.15) is 0 Å². The van der Waals surface area contributed by atoms with Crippen LogP contribution >= 0.6 is 0 Å². The standard InChI is InChI=1S/C15H32N2O2/c1-6-8-15(3,11-16-7-2)12-17-9-13(18-4)14(10-17)19-5/h13-14,16H,6-12H2,1-5H3. The van der Waals surface area contributed by atoms with E-state index < -0.39 is 0 Å². The van der Waals surface area contributed by atoms with E-state index in [9.17, 15) is 0 Å². The second kappa shape index (κ2) is 8.20. The van der Waals surface area contributed by atoms with E-state index in [1.165, 1.54) is 12.8 Å². The summed E-state index contributed by atoms with van der Waals surface area (Å²) in [5, 5.41) is 3.51. The maximum atomic E-state index is 5.52. The highest BCUT2D eigenvalue weighted by atomic mass is 16.5. The minimum atomic E-state index is 0.218. The summed E-state index contributed by atoms with van der Waals surface area (Å²) in [6.45, 7) is 12.0. The fourth-order valence-electron chi connectivity index (χ4n) is 3.19. The average Bonchev–Trinajstić information content (AvgIpc) is 2.78. The number of rotatable bonds is 9. The zero-order valence-electron chi connectivity index (χ0n) is 13.4. The van der Waals surface area contributed by atoms with E-state index in [-0.39, 0.29) is 12.2 Å². The summed E-state index contributed by atoms with van der Waals surface area (Å²) in [5.74, 6) is 0. The molecule has 1 aliphatic heterocycles. The first-order valence-corrected chi connectivity index (χ1v) is 7.57. The van der Waals surface area contributed by atoms with Crippen molar-refractivity contribution in [3.63, 3.8) is 0 Å². The van der Waals surface area contributed by atoms with Crippen LogP contribution in [0.2, 0.25) is 0 Å². The van der Waals surface area contributed by atoms with Crippen LogP contribution < -0.4 is 5.32 Å². The molecule has 0 bridgehead atoms. The molecule has 1 N–H and O–H groups in total. The number of likely N-dealkylation sites (tertiary alicyclic amines) is 1. The zero-order chi connectivity index (χ0) is 14.3. The lowest BCUT2D eigenvalue weighted by Crippen LogP contribution is -2.42. The van der Waals surface area contributed by atoms with Crippen molar-refractivity contribution in [2.75, 3.05) is 46.9 Å². The maximum Gasteiger partial charge on any atom is 0.0971 e. The number of hydrogen-bond donors (Lipinski definition) is 1. The molecule has 0 aromatic heterocycles. The summed E-state index contributed by atoms with van der Waals surface area (Å²) >= 11 is 0. The molecule has 1 fully saturated rings. The van der Waals surface area contributed by atoms with Gasteiger partial charge in [0, 0.05) is 40.4 Å². The van der Waals surface area contributed by atoms with E-state index in [1.54, 1.807) is 14.2 Å². The molecule has 3 unspecified atom stereocenters. The predicted octanol–water partition coefficient (Wildman–Crippen LogP) is 1.75. The van der Waals surface area contributed by atoms with Crippen LogP contribution in [0.1, 0.15) is 33.6 Å². The third-order valence-corrected chi connectivity index (χ3v) is 4.16. The van der Waals surface area contributed by atoms with Crippen molar-refractivity contribution in [3.8, 4) is 0 Å². The molecule has 0 aromatic rings. The number of ether oxygens (including phenoxy) is 2. The Morgan fingerprint density at radius 1 is 1.16 bits per heavy atom. The van der Waals surface area contributed by atoms with Gasteiger partial charge in [-0.2, -0.15) is 0 Å². The topological polar surface area (TPSA) is 33.7 Å². The quantitative estimate of drug-likeness (QED) is 0.693. The third kappa shape index (κ3) is 5.03. The van der Waals surface area contributed by atoms with Gasteiger partial charge in [0.05, 0.1) is 12.2 Å². The largest absolute Gasteiger partial charge is 0.377 e. The van der Waals surface area contributed by atoms with Gasteiger partial charge in [-0.25, -0.2) is 0 Å². The molecule has 0 aliphatic carbocycles. The molecular formula is C15H32N2O2. The average molecular weight is 272 g/mol. The molecule has 3 atom stereocenters. The Balaban J connectivity index is 2.54. The van der Waals surface area contributed by atoms with Crippen LogP contribution in [0.15, 0.2) is 0 Å². The van der Waals surface area contributed by atoms with Crippen LogP contribution in [0.4, 0.5) is 0 Å². The molecule has 0 amide bonds. The van der Waals surface area contributed by atoms with E-state index in [2.05, 4.69) is 31.0 Å². The fourth-order valence-corrected chi connectivity index (χ4v) is 3.19. The summed E-state index contributed by atoms with van der Waals surface area (Å²) < 4.78 is 11.0. The molecule has 19 heavy (non-hydrogen) atoms. The molecule has 4 nitrogen and oxygen atoms in total. The normalized spacial score (nSPS) is 27.6. The molecule has 0 radical (unpaired) electrons. The highest BCUT2D eigenvalue weighted by molar-refractivity contribution is 4.90. The molecular weight excluding hydrogens is 240 g/mol. The number of nitrogens with one attached hydrogen (secondary N) is 1. The molecule has 1 rings (SSSR count). The fraction of sp³-hybridized carbons (Fsp3) is 1.00. The Kier molecular flexibility index (Phi) is 7.29. The monoisotopic (exact) mass is 272 g/mol. The summed E-state index contributed by atoms with van der Waals surface area (Å²) in [7, 11) is 3.56. The van der Waals surface area contributed by atoms with Crippen molar-refractivity contribution in [1.29, 1.82) is 0 Å². The minimum absolute atomic E-state index is 0.218. The number of nitrogens with zero attached hydrogens (tertiary/aromatic N) is 1. The predicted molar refractivity (Wildman–Crippen MR) is 79.6 cm³/mol. The number of methoxy groups -OCH3 is 2. The molecule has 1 heterocycles. The van der Waals surface area contributed by atoms with E-state index >= 15 is 0 Å². The highest BCUT2D eigenvalue weighted by Crippen LogP contribution is 2.27.